The quantitative estimate of drug-likeness (QED) is 0.529. The van der Waals surface area contributed by atoms with Crippen molar-refractivity contribution in [2.24, 2.45) is 0 Å². The maximum atomic E-state index is 13.1. The molecule has 2 heterocycles. The first-order valence-electron chi connectivity index (χ1n) is 10.5. The lowest BCUT2D eigenvalue weighted by atomic mass is 10.0. The minimum absolute atomic E-state index is 0.0155. The molecule has 0 aliphatic carbocycles. The van der Waals surface area contributed by atoms with Gasteiger partial charge in [-0.15, -0.1) is 11.3 Å². The van der Waals surface area contributed by atoms with Crippen molar-refractivity contribution in [3.05, 3.63) is 81.5 Å². The molecular formula is C25H26N2O3S. The van der Waals surface area contributed by atoms with Gasteiger partial charge in [0.2, 0.25) is 5.91 Å². The van der Waals surface area contributed by atoms with Crippen molar-refractivity contribution in [2.45, 2.75) is 32.7 Å². The van der Waals surface area contributed by atoms with Crippen LogP contribution in [0.4, 0.5) is 5.69 Å². The van der Waals surface area contributed by atoms with E-state index in [0.29, 0.717) is 37.2 Å². The number of anilines is 1. The van der Waals surface area contributed by atoms with E-state index in [1.54, 1.807) is 11.3 Å². The molecule has 2 amide bonds. The average Bonchev–Trinajstić information content (AvgIpc) is 3.26. The fraction of sp³-hybridized carbons (Fsp3) is 0.280. The molecule has 1 N–H and O–H groups in total. The van der Waals surface area contributed by atoms with Crippen molar-refractivity contribution in [1.29, 1.82) is 0 Å². The van der Waals surface area contributed by atoms with Crippen LogP contribution in [0.15, 0.2) is 60.0 Å². The lowest BCUT2D eigenvalue weighted by Crippen LogP contribution is -2.35. The molecular weight excluding hydrogens is 408 g/mol. The highest BCUT2D eigenvalue weighted by molar-refractivity contribution is 7.10. The highest BCUT2D eigenvalue weighted by Crippen LogP contribution is 2.27. The van der Waals surface area contributed by atoms with E-state index in [1.165, 1.54) is 10.4 Å². The van der Waals surface area contributed by atoms with Gasteiger partial charge in [-0.1, -0.05) is 24.3 Å². The number of hydrogen-bond donors (Lipinski definition) is 1. The van der Waals surface area contributed by atoms with Crippen LogP contribution in [-0.2, 0) is 17.8 Å². The number of benzene rings is 2. The zero-order valence-electron chi connectivity index (χ0n) is 17.6. The zero-order chi connectivity index (χ0) is 21.6. The number of fused-ring (bicyclic) bond motifs is 1. The second kappa shape index (κ2) is 9.79. The minimum Gasteiger partial charge on any atom is -0.494 e. The molecule has 6 heteroatoms. The number of carbonyl (C=O) groups excluding carboxylic acids is 2. The van der Waals surface area contributed by atoms with E-state index in [-0.39, 0.29) is 11.8 Å². The summed E-state index contributed by atoms with van der Waals surface area (Å²) in [6.45, 7) is 3.74. The molecule has 31 heavy (non-hydrogen) atoms. The molecule has 3 aromatic rings. The van der Waals surface area contributed by atoms with Crippen molar-refractivity contribution in [3.8, 4) is 5.75 Å². The summed E-state index contributed by atoms with van der Waals surface area (Å²) in [5.74, 6) is 0.740. The number of nitrogens with one attached hydrogen (secondary N) is 1. The Kier molecular flexibility index (Phi) is 6.67. The summed E-state index contributed by atoms with van der Waals surface area (Å²) < 4.78 is 5.64. The van der Waals surface area contributed by atoms with E-state index in [0.717, 1.165) is 24.3 Å². The largest absolute Gasteiger partial charge is 0.494 e. The normalized spacial score (nSPS) is 12.9. The van der Waals surface area contributed by atoms with Crippen molar-refractivity contribution in [2.75, 3.05) is 18.5 Å². The summed E-state index contributed by atoms with van der Waals surface area (Å²) in [6.07, 6.45) is 1.88. The molecule has 0 saturated heterocycles. The molecule has 2 aromatic carbocycles. The zero-order valence-corrected chi connectivity index (χ0v) is 18.4. The molecule has 0 bridgehead atoms. The van der Waals surface area contributed by atoms with Crippen LogP contribution in [-0.4, -0.2) is 29.9 Å². The molecule has 4 rings (SSSR count). The van der Waals surface area contributed by atoms with Crippen LogP contribution in [0, 0.1) is 6.92 Å². The SMILES string of the molecule is Cc1c(NC(=O)CCCOc2ccccc2)cccc1C(=O)N1CCc2sccc2C1. The lowest BCUT2D eigenvalue weighted by Gasteiger charge is -2.28. The minimum atomic E-state index is -0.0785. The number of para-hydroxylation sites is 1. The van der Waals surface area contributed by atoms with Crippen LogP contribution in [0.1, 0.15) is 39.2 Å². The molecule has 0 atom stereocenters. The fourth-order valence-corrected chi connectivity index (χ4v) is 4.64. The molecule has 5 nitrogen and oxygen atoms in total. The Morgan fingerprint density at radius 3 is 2.77 bits per heavy atom. The highest BCUT2D eigenvalue weighted by Gasteiger charge is 2.24. The van der Waals surface area contributed by atoms with E-state index in [1.807, 2.05) is 60.4 Å². The highest BCUT2D eigenvalue weighted by atomic mass is 32.1. The monoisotopic (exact) mass is 434 g/mol. The number of nitrogens with zero attached hydrogens (tertiary/aromatic N) is 1. The fourth-order valence-electron chi connectivity index (χ4n) is 3.75. The number of hydrogen-bond acceptors (Lipinski definition) is 4. The molecule has 160 valence electrons. The Bertz CT molecular complexity index is 1060. The Morgan fingerprint density at radius 1 is 1.10 bits per heavy atom. The average molecular weight is 435 g/mol. The lowest BCUT2D eigenvalue weighted by molar-refractivity contribution is -0.116. The first-order chi connectivity index (χ1) is 15.1. The maximum absolute atomic E-state index is 13.1. The third kappa shape index (κ3) is 5.14. The molecule has 0 unspecified atom stereocenters. The third-order valence-corrected chi connectivity index (χ3v) is 6.52. The van der Waals surface area contributed by atoms with Gasteiger partial charge in [-0.2, -0.15) is 0 Å². The summed E-state index contributed by atoms with van der Waals surface area (Å²) >= 11 is 1.76. The van der Waals surface area contributed by atoms with E-state index < -0.39 is 0 Å². The van der Waals surface area contributed by atoms with E-state index >= 15 is 0 Å². The molecule has 1 aliphatic rings. The molecule has 0 saturated carbocycles. The van der Waals surface area contributed by atoms with Gasteiger partial charge in [0, 0.05) is 35.6 Å². The van der Waals surface area contributed by atoms with Crippen LogP contribution in [0.3, 0.4) is 0 Å². The molecule has 0 spiro atoms. The summed E-state index contributed by atoms with van der Waals surface area (Å²) in [6, 6.07) is 17.2. The van der Waals surface area contributed by atoms with Crippen LogP contribution >= 0.6 is 11.3 Å². The van der Waals surface area contributed by atoms with Gasteiger partial charge < -0.3 is 15.0 Å². The smallest absolute Gasteiger partial charge is 0.254 e. The van der Waals surface area contributed by atoms with Crippen LogP contribution in [0.2, 0.25) is 0 Å². The molecule has 0 fully saturated rings. The first kappa shape index (κ1) is 21.1. The molecule has 1 aromatic heterocycles. The van der Waals surface area contributed by atoms with E-state index in [4.69, 9.17) is 4.74 Å². The Hall–Kier alpha value is -3.12. The number of carbonyl (C=O) groups is 2. The van der Waals surface area contributed by atoms with Crippen molar-refractivity contribution >= 4 is 28.8 Å². The maximum Gasteiger partial charge on any atom is 0.254 e. The van der Waals surface area contributed by atoms with Crippen LogP contribution in [0.25, 0.3) is 0 Å². The summed E-state index contributed by atoms with van der Waals surface area (Å²) in [7, 11) is 0. The van der Waals surface area contributed by atoms with Gasteiger partial charge in [0.15, 0.2) is 0 Å². The number of rotatable bonds is 7. The molecule has 1 aliphatic heterocycles. The van der Waals surface area contributed by atoms with Gasteiger partial charge in [-0.3, -0.25) is 9.59 Å². The topological polar surface area (TPSA) is 58.6 Å². The van der Waals surface area contributed by atoms with Crippen molar-refractivity contribution in [1.82, 2.24) is 4.90 Å². The van der Waals surface area contributed by atoms with E-state index in [2.05, 4.69) is 16.8 Å². The standard InChI is InChI=1S/C25H26N2O3S/c1-18-21(25(29)27-14-12-23-19(17-27)13-16-31-23)9-5-10-22(18)26-24(28)11-6-15-30-20-7-3-2-4-8-20/h2-5,7-10,13,16H,6,11-12,14-15,17H2,1H3,(H,26,28). The predicted octanol–water partition coefficient (Wildman–Crippen LogP) is 5.05. The Morgan fingerprint density at radius 2 is 1.94 bits per heavy atom. The van der Waals surface area contributed by atoms with Gasteiger partial charge in [-0.05, 0) is 66.6 Å². The Labute approximate surface area is 186 Å². The summed E-state index contributed by atoms with van der Waals surface area (Å²) in [4.78, 5) is 28.8. The van der Waals surface area contributed by atoms with Gasteiger partial charge in [0.1, 0.15) is 5.75 Å². The Balaban J connectivity index is 1.33. The van der Waals surface area contributed by atoms with E-state index in [9.17, 15) is 9.59 Å². The molecule has 0 radical (unpaired) electrons. The number of ether oxygens (including phenoxy) is 1. The second-order valence-electron chi connectivity index (χ2n) is 7.64. The summed E-state index contributed by atoms with van der Waals surface area (Å²) in [5.41, 5.74) is 3.37. The number of amides is 2. The van der Waals surface area contributed by atoms with Crippen LogP contribution in [0.5, 0.6) is 5.75 Å². The van der Waals surface area contributed by atoms with Gasteiger partial charge in [0.25, 0.3) is 5.91 Å². The first-order valence-corrected chi connectivity index (χ1v) is 11.4. The van der Waals surface area contributed by atoms with Gasteiger partial charge in [-0.25, -0.2) is 0 Å². The van der Waals surface area contributed by atoms with Crippen molar-refractivity contribution < 1.29 is 14.3 Å². The number of thiophene rings is 1. The second-order valence-corrected chi connectivity index (χ2v) is 8.64. The van der Waals surface area contributed by atoms with Crippen molar-refractivity contribution in [3.63, 3.8) is 0 Å². The third-order valence-electron chi connectivity index (χ3n) is 5.49. The van der Waals surface area contributed by atoms with Gasteiger partial charge >= 0.3 is 0 Å². The van der Waals surface area contributed by atoms with Crippen LogP contribution < -0.4 is 10.1 Å². The predicted molar refractivity (Wildman–Crippen MR) is 124 cm³/mol. The summed E-state index contributed by atoms with van der Waals surface area (Å²) in [5, 5.41) is 5.04. The van der Waals surface area contributed by atoms with Gasteiger partial charge in [0.05, 0.1) is 6.61 Å².